The summed E-state index contributed by atoms with van der Waals surface area (Å²) in [5.41, 5.74) is 2.30. The number of rotatable bonds is 4. The molecule has 0 radical (unpaired) electrons. The number of aromatic amines is 1. The van der Waals surface area contributed by atoms with Gasteiger partial charge in [-0.15, -0.1) is 0 Å². The second-order valence-corrected chi connectivity index (χ2v) is 10.1. The fourth-order valence-corrected chi connectivity index (χ4v) is 5.87. The molecule has 2 amide bonds. The van der Waals surface area contributed by atoms with Gasteiger partial charge in [-0.2, -0.15) is 0 Å². The minimum absolute atomic E-state index is 0.0486. The number of H-pyrrole nitrogens is 1. The lowest BCUT2D eigenvalue weighted by Gasteiger charge is -2.37. The zero-order valence-corrected chi connectivity index (χ0v) is 20.3. The van der Waals surface area contributed by atoms with Crippen molar-refractivity contribution in [2.75, 3.05) is 26.2 Å². The van der Waals surface area contributed by atoms with E-state index in [1.165, 1.54) is 6.42 Å². The number of nitrogens with zero attached hydrogens (tertiary/aromatic N) is 3. The maximum atomic E-state index is 13.2. The van der Waals surface area contributed by atoms with Crippen LogP contribution in [0.15, 0.2) is 33.9 Å². The molecule has 186 valence electrons. The molecular formula is C27H34N4O4. The Hall–Kier alpha value is -3.16. The maximum Gasteiger partial charge on any atom is 0.328 e. The largest absolute Gasteiger partial charge is 0.339 e. The minimum Gasteiger partial charge on any atom is -0.339 e. The number of carbonyl (C=O) groups excluding carboxylic acids is 2. The first kappa shape index (κ1) is 23.6. The molecule has 0 atom stereocenters. The maximum absolute atomic E-state index is 13.2. The van der Waals surface area contributed by atoms with Crippen LogP contribution in [0.2, 0.25) is 0 Å². The van der Waals surface area contributed by atoms with E-state index in [1.54, 1.807) is 10.6 Å². The number of benzene rings is 1. The lowest BCUT2D eigenvalue weighted by Crippen LogP contribution is -2.52. The number of hydrogen-bond acceptors (Lipinski definition) is 4. The molecule has 1 aromatic heterocycles. The van der Waals surface area contributed by atoms with Gasteiger partial charge in [0.2, 0.25) is 5.91 Å². The van der Waals surface area contributed by atoms with Crippen LogP contribution in [0.25, 0.3) is 0 Å². The van der Waals surface area contributed by atoms with Gasteiger partial charge in [0.15, 0.2) is 0 Å². The highest BCUT2D eigenvalue weighted by Gasteiger charge is 2.30. The van der Waals surface area contributed by atoms with Crippen molar-refractivity contribution in [1.82, 2.24) is 19.4 Å². The van der Waals surface area contributed by atoms with E-state index in [2.05, 4.69) is 4.98 Å². The number of aromatic nitrogens is 2. The summed E-state index contributed by atoms with van der Waals surface area (Å²) in [6.07, 6.45) is 8.82. The smallest absolute Gasteiger partial charge is 0.328 e. The van der Waals surface area contributed by atoms with Crippen molar-refractivity contribution in [3.05, 3.63) is 67.5 Å². The van der Waals surface area contributed by atoms with Gasteiger partial charge in [0.25, 0.3) is 11.5 Å². The number of piperazine rings is 1. The van der Waals surface area contributed by atoms with Crippen LogP contribution in [0.5, 0.6) is 0 Å². The van der Waals surface area contributed by atoms with Crippen LogP contribution in [0, 0.1) is 5.92 Å². The SMILES string of the molecule is O=C(c1cccc(Cn2c3c(c(=O)[nH]c2=O)CCCC3)c1)N1CCN(C(=O)C2CCCCC2)CC1. The predicted molar refractivity (Wildman–Crippen MR) is 133 cm³/mol. The normalized spacial score (nSPS) is 18.9. The number of fused-ring (bicyclic) bond motifs is 1. The number of carbonyl (C=O) groups is 2. The molecule has 1 N–H and O–H groups in total. The third-order valence-corrected chi connectivity index (χ3v) is 7.85. The van der Waals surface area contributed by atoms with Gasteiger partial charge in [-0.1, -0.05) is 31.4 Å². The van der Waals surface area contributed by atoms with E-state index in [4.69, 9.17) is 0 Å². The van der Waals surface area contributed by atoms with Gasteiger partial charge in [-0.25, -0.2) is 4.79 Å². The zero-order chi connectivity index (χ0) is 24.4. The quantitative estimate of drug-likeness (QED) is 0.730. The summed E-state index contributed by atoms with van der Waals surface area (Å²) in [4.78, 5) is 57.1. The molecular weight excluding hydrogens is 444 g/mol. The van der Waals surface area contributed by atoms with E-state index in [9.17, 15) is 19.2 Å². The summed E-state index contributed by atoms with van der Waals surface area (Å²) >= 11 is 0. The highest BCUT2D eigenvalue weighted by molar-refractivity contribution is 5.94. The summed E-state index contributed by atoms with van der Waals surface area (Å²) in [5, 5.41) is 0. The van der Waals surface area contributed by atoms with E-state index in [-0.39, 0.29) is 23.3 Å². The Bertz CT molecular complexity index is 1220. The molecule has 2 heterocycles. The molecule has 0 spiro atoms. The molecule has 8 nitrogen and oxygen atoms in total. The minimum atomic E-state index is -0.397. The van der Waals surface area contributed by atoms with Crippen LogP contribution in [-0.2, 0) is 24.2 Å². The van der Waals surface area contributed by atoms with Crippen molar-refractivity contribution >= 4 is 11.8 Å². The molecule has 2 fully saturated rings. The highest BCUT2D eigenvalue weighted by Crippen LogP contribution is 2.26. The van der Waals surface area contributed by atoms with Gasteiger partial charge in [-0.3, -0.25) is 23.9 Å². The van der Waals surface area contributed by atoms with Crippen molar-refractivity contribution in [3.63, 3.8) is 0 Å². The molecule has 1 aromatic carbocycles. The Morgan fingerprint density at radius 2 is 1.60 bits per heavy atom. The molecule has 1 aliphatic heterocycles. The van der Waals surface area contributed by atoms with Crippen LogP contribution in [0.3, 0.4) is 0 Å². The molecule has 35 heavy (non-hydrogen) atoms. The van der Waals surface area contributed by atoms with Crippen LogP contribution in [0.1, 0.15) is 72.1 Å². The van der Waals surface area contributed by atoms with Crippen LogP contribution in [-0.4, -0.2) is 57.3 Å². The van der Waals surface area contributed by atoms with Gasteiger partial charge in [0, 0.05) is 48.9 Å². The van der Waals surface area contributed by atoms with Crippen LogP contribution in [0.4, 0.5) is 0 Å². The fourth-order valence-electron chi connectivity index (χ4n) is 5.87. The highest BCUT2D eigenvalue weighted by atomic mass is 16.2. The second-order valence-electron chi connectivity index (χ2n) is 10.1. The monoisotopic (exact) mass is 478 g/mol. The first-order valence-electron chi connectivity index (χ1n) is 13.0. The third-order valence-electron chi connectivity index (χ3n) is 7.85. The summed E-state index contributed by atoms with van der Waals surface area (Å²) in [6, 6.07) is 7.39. The Labute approximate surface area is 204 Å². The van der Waals surface area contributed by atoms with Gasteiger partial charge in [0.05, 0.1) is 6.54 Å². The Balaban J connectivity index is 1.26. The van der Waals surface area contributed by atoms with Crippen molar-refractivity contribution in [2.45, 2.75) is 64.3 Å². The second kappa shape index (κ2) is 10.2. The van der Waals surface area contributed by atoms with Crippen molar-refractivity contribution in [1.29, 1.82) is 0 Å². The molecule has 0 bridgehead atoms. The number of hydrogen-bond donors (Lipinski definition) is 1. The zero-order valence-electron chi connectivity index (χ0n) is 20.3. The topological polar surface area (TPSA) is 95.5 Å². The van der Waals surface area contributed by atoms with Gasteiger partial charge < -0.3 is 9.80 Å². The van der Waals surface area contributed by atoms with Crippen LogP contribution < -0.4 is 11.2 Å². The summed E-state index contributed by atoms with van der Waals surface area (Å²) in [7, 11) is 0. The average Bonchev–Trinajstić information content (AvgIpc) is 2.91. The van der Waals surface area contributed by atoms with Crippen molar-refractivity contribution in [2.24, 2.45) is 5.92 Å². The summed E-state index contributed by atoms with van der Waals surface area (Å²) in [5.74, 6) is 0.366. The Morgan fingerprint density at radius 1 is 0.886 bits per heavy atom. The molecule has 3 aliphatic rings. The van der Waals surface area contributed by atoms with Gasteiger partial charge in [-0.05, 0) is 56.2 Å². The molecule has 2 aromatic rings. The molecule has 0 unspecified atom stereocenters. The molecule has 2 aliphatic carbocycles. The third kappa shape index (κ3) is 4.97. The summed E-state index contributed by atoms with van der Waals surface area (Å²) in [6.45, 7) is 2.56. The van der Waals surface area contributed by atoms with Crippen molar-refractivity contribution in [3.8, 4) is 0 Å². The Kier molecular flexibility index (Phi) is 6.88. The lowest BCUT2D eigenvalue weighted by molar-refractivity contribution is -0.138. The number of nitrogens with one attached hydrogen (secondary N) is 1. The van der Waals surface area contributed by atoms with Gasteiger partial charge in [0.1, 0.15) is 0 Å². The molecule has 1 saturated carbocycles. The molecule has 5 rings (SSSR count). The number of amides is 2. The van der Waals surface area contributed by atoms with Crippen LogP contribution >= 0.6 is 0 Å². The standard InChI is InChI=1S/C27H34N4O4/c32-24-22-11-4-5-12-23(22)31(27(35)28-24)18-19-7-6-10-21(17-19)26(34)30-15-13-29(14-16-30)25(33)20-8-2-1-3-9-20/h6-7,10,17,20H,1-5,8-9,11-16,18H2,(H,28,32,35). The average molecular weight is 479 g/mol. The van der Waals surface area contributed by atoms with E-state index in [1.807, 2.05) is 28.0 Å². The summed E-state index contributed by atoms with van der Waals surface area (Å²) < 4.78 is 1.65. The molecule has 1 saturated heterocycles. The Morgan fingerprint density at radius 3 is 2.37 bits per heavy atom. The van der Waals surface area contributed by atoms with Gasteiger partial charge >= 0.3 is 5.69 Å². The predicted octanol–water partition coefficient (Wildman–Crippen LogP) is 2.33. The van der Waals surface area contributed by atoms with E-state index in [0.29, 0.717) is 50.3 Å². The first-order chi connectivity index (χ1) is 17.0. The van der Waals surface area contributed by atoms with E-state index >= 15 is 0 Å². The fraction of sp³-hybridized carbons (Fsp3) is 0.556. The van der Waals surface area contributed by atoms with Crippen molar-refractivity contribution < 1.29 is 9.59 Å². The van der Waals surface area contributed by atoms with E-state index in [0.717, 1.165) is 56.2 Å². The van der Waals surface area contributed by atoms with E-state index < -0.39 is 5.69 Å². The lowest BCUT2D eigenvalue weighted by atomic mass is 9.88. The molecule has 8 heteroatoms. The first-order valence-corrected chi connectivity index (χ1v) is 13.0.